The molecule has 0 saturated carbocycles. The molecule has 0 fully saturated rings. The van der Waals surface area contributed by atoms with Crippen molar-refractivity contribution in [2.24, 2.45) is 0 Å². The zero-order valence-electron chi connectivity index (χ0n) is 5.26. The van der Waals surface area contributed by atoms with Gasteiger partial charge in [0.05, 0.1) is 0 Å². The summed E-state index contributed by atoms with van der Waals surface area (Å²) >= 11 is 0. The summed E-state index contributed by atoms with van der Waals surface area (Å²) in [6.45, 7) is 3.51. The van der Waals surface area contributed by atoms with Gasteiger partial charge >= 0.3 is 18.6 Å². The maximum absolute atomic E-state index is 8.68. The molecule has 0 aromatic carbocycles. The Morgan fingerprint density at radius 3 is 2.00 bits per heavy atom. The topological polar surface area (TPSA) is 38.7 Å². The quantitative estimate of drug-likeness (QED) is 0.570. The zero-order chi connectivity index (χ0) is 6.57. The van der Waals surface area contributed by atoms with Gasteiger partial charge in [0.15, 0.2) is 0 Å². The third-order valence-electron chi connectivity index (χ3n) is 0.579. The molecule has 0 aromatic rings. The van der Waals surface area contributed by atoms with Crippen molar-refractivity contribution < 1.29 is 13.3 Å². The highest BCUT2D eigenvalue weighted by atomic mass is 28.4. The van der Waals surface area contributed by atoms with Crippen molar-refractivity contribution >= 4 is 18.6 Å². The summed E-state index contributed by atoms with van der Waals surface area (Å²) in [5.74, 6) is 0. The molecule has 1 N–H and O–H groups in total. The molecule has 2 radical (unpaired) electrons. The summed E-state index contributed by atoms with van der Waals surface area (Å²) in [5.41, 5.74) is 0. The minimum atomic E-state index is -1.53. The molecular formula is C3H10O3Si2. The van der Waals surface area contributed by atoms with Gasteiger partial charge < -0.3 is 13.3 Å². The lowest BCUT2D eigenvalue weighted by molar-refractivity contribution is 0.315. The zero-order valence-corrected chi connectivity index (χ0v) is 7.26. The minimum absolute atomic E-state index is 1.13. The maximum Gasteiger partial charge on any atom is 0.371 e. The van der Waals surface area contributed by atoms with Gasteiger partial charge in [0, 0.05) is 7.11 Å². The second kappa shape index (κ2) is 4.22. The van der Waals surface area contributed by atoms with E-state index in [9.17, 15) is 0 Å². The highest BCUT2D eigenvalue weighted by Gasteiger charge is 2.10. The summed E-state index contributed by atoms with van der Waals surface area (Å²) in [5, 5.41) is 0. The lowest BCUT2D eigenvalue weighted by Crippen LogP contribution is -2.25. The highest BCUT2D eigenvalue weighted by Crippen LogP contribution is 1.86. The number of rotatable bonds is 3. The van der Waals surface area contributed by atoms with Crippen molar-refractivity contribution in [2.45, 2.75) is 13.1 Å². The Hall–Kier alpha value is 0.314. The summed E-state index contributed by atoms with van der Waals surface area (Å²) in [7, 11) is -1.08. The largest absolute Gasteiger partial charge is 0.413 e. The van der Waals surface area contributed by atoms with Crippen LogP contribution in [0.4, 0.5) is 0 Å². The molecule has 0 saturated heterocycles. The van der Waals surface area contributed by atoms with Crippen LogP contribution in [0.2, 0.25) is 13.1 Å². The normalized spacial score (nSPS) is 11.2. The molecule has 0 spiro atoms. The van der Waals surface area contributed by atoms with Crippen LogP contribution in [0.25, 0.3) is 0 Å². The third kappa shape index (κ3) is 4.47. The van der Waals surface area contributed by atoms with Crippen LogP contribution >= 0.6 is 0 Å². The van der Waals surface area contributed by atoms with E-state index in [1.54, 1.807) is 13.7 Å². The van der Waals surface area contributed by atoms with Crippen LogP contribution in [-0.2, 0) is 8.54 Å². The Balaban J connectivity index is 3.10. The van der Waals surface area contributed by atoms with E-state index in [0.29, 0.717) is 0 Å². The van der Waals surface area contributed by atoms with Gasteiger partial charge in [0.1, 0.15) is 0 Å². The predicted molar refractivity (Wildman–Crippen MR) is 33.5 cm³/mol. The van der Waals surface area contributed by atoms with Crippen molar-refractivity contribution in [1.82, 2.24) is 0 Å². The van der Waals surface area contributed by atoms with Gasteiger partial charge in [-0.1, -0.05) is 0 Å². The fourth-order valence-corrected chi connectivity index (χ4v) is 2.25. The van der Waals surface area contributed by atoms with Crippen molar-refractivity contribution in [3.05, 3.63) is 0 Å². The molecule has 0 bridgehead atoms. The van der Waals surface area contributed by atoms with Crippen LogP contribution in [0.1, 0.15) is 0 Å². The molecule has 0 amide bonds. The predicted octanol–water partition coefficient (Wildman–Crippen LogP) is -0.122. The summed E-state index contributed by atoms with van der Waals surface area (Å²) < 4.78 is 9.74. The molecule has 8 heavy (non-hydrogen) atoms. The molecule has 48 valence electrons. The van der Waals surface area contributed by atoms with E-state index in [1.807, 2.05) is 6.55 Å². The fourth-order valence-electron chi connectivity index (χ4n) is 0.250. The molecule has 0 heterocycles. The van der Waals surface area contributed by atoms with Crippen LogP contribution in [-0.4, -0.2) is 30.5 Å². The second-order valence-electron chi connectivity index (χ2n) is 1.32. The smallest absolute Gasteiger partial charge is 0.371 e. The Morgan fingerprint density at radius 1 is 1.38 bits per heavy atom. The first-order chi connectivity index (χ1) is 3.66. The first-order valence-corrected chi connectivity index (χ1v) is 5.92. The van der Waals surface area contributed by atoms with Crippen LogP contribution in [0.15, 0.2) is 0 Å². The van der Waals surface area contributed by atoms with Gasteiger partial charge in [-0.15, -0.1) is 0 Å². The van der Waals surface area contributed by atoms with Crippen LogP contribution in [0.3, 0.4) is 0 Å². The molecule has 0 aromatic heterocycles. The van der Waals surface area contributed by atoms with E-state index < -0.39 is 18.6 Å². The van der Waals surface area contributed by atoms with Crippen LogP contribution in [0, 0.1) is 0 Å². The first kappa shape index (κ1) is 8.31. The number of hydrogen-bond acceptors (Lipinski definition) is 3. The van der Waals surface area contributed by atoms with Gasteiger partial charge in [-0.25, -0.2) is 0 Å². The maximum atomic E-state index is 8.68. The van der Waals surface area contributed by atoms with Crippen molar-refractivity contribution in [3.63, 3.8) is 0 Å². The van der Waals surface area contributed by atoms with Gasteiger partial charge in [0.2, 0.25) is 0 Å². The molecule has 0 atom stereocenters. The molecule has 0 aliphatic carbocycles. The first-order valence-electron chi connectivity index (χ1n) is 2.24. The lowest BCUT2D eigenvalue weighted by Gasteiger charge is -2.06. The SMILES string of the molecule is CO[Si](C)O[Si](C)O. The number of hydrogen-bond donors (Lipinski definition) is 1. The van der Waals surface area contributed by atoms with E-state index in [2.05, 4.69) is 0 Å². The fraction of sp³-hybridized carbons (Fsp3) is 1.00. The highest BCUT2D eigenvalue weighted by molar-refractivity contribution is 6.56. The summed E-state index contributed by atoms with van der Waals surface area (Å²) in [6.07, 6.45) is 0. The second-order valence-corrected chi connectivity index (χ2v) is 4.56. The Kier molecular flexibility index (Phi) is 4.38. The van der Waals surface area contributed by atoms with E-state index in [0.717, 1.165) is 0 Å². The van der Waals surface area contributed by atoms with Gasteiger partial charge in [-0.2, -0.15) is 0 Å². The molecule has 0 unspecified atom stereocenters. The Bertz CT molecular complexity index is 58.5. The van der Waals surface area contributed by atoms with E-state index in [1.165, 1.54) is 0 Å². The molecule has 0 aliphatic rings. The minimum Gasteiger partial charge on any atom is -0.413 e. The third-order valence-corrected chi connectivity index (χ3v) is 3.49. The molecule has 3 nitrogen and oxygen atoms in total. The van der Waals surface area contributed by atoms with Gasteiger partial charge in [0.25, 0.3) is 0 Å². The average molecular weight is 150 g/mol. The van der Waals surface area contributed by atoms with E-state index in [4.69, 9.17) is 13.3 Å². The van der Waals surface area contributed by atoms with Gasteiger partial charge in [-0.3, -0.25) is 0 Å². The monoisotopic (exact) mass is 150 g/mol. The molecule has 0 rings (SSSR count). The van der Waals surface area contributed by atoms with Crippen molar-refractivity contribution in [2.75, 3.05) is 7.11 Å². The van der Waals surface area contributed by atoms with Crippen molar-refractivity contribution in [3.8, 4) is 0 Å². The Labute approximate surface area is 52.9 Å². The molecule has 5 heteroatoms. The van der Waals surface area contributed by atoms with E-state index >= 15 is 0 Å². The Morgan fingerprint density at radius 2 is 1.88 bits per heavy atom. The molecular weight excluding hydrogens is 140 g/mol. The average Bonchev–Trinajstić information content (AvgIpc) is 1.65. The standard InChI is InChI=1S/C3H10O3Si2/c1-5-8(3)6-7(2)4/h4H,1-3H3. The van der Waals surface area contributed by atoms with E-state index in [-0.39, 0.29) is 0 Å². The van der Waals surface area contributed by atoms with Crippen molar-refractivity contribution in [1.29, 1.82) is 0 Å². The molecule has 0 aliphatic heterocycles. The summed E-state index contributed by atoms with van der Waals surface area (Å²) in [6, 6.07) is 0. The van der Waals surface area contributed by atoms with Crippen LogP contribution < -0.4 is 0 Å². The van der Waals surface area contributed by atoms with Crippen LogP contribution in [0.5, 0.6) is 0 Å². The van der Waals surface area contributed by atoms with Gasteiger partial charge in [-0.05, 0) is 13.1 Å². The lowest BCUT2D eigenvalue weighted by atomic mass is 11.8. The summed E-state index contributed by atoms with van der Waals surface area (Å²) in [4.78, 5) is 8.68.